The van der Waals surface area contributed by atoms with Crippen molar-refractivity contribution >= 4 is 22.4 Å². The number of methoxy groups -OCH3 is 1. The van der Waals surface area contributed by atoms with Gasteiger partial charge in [-0.2, -0.15) is 0 Å². The Bertz CT molecular complexity index is 1140. The van der Waals surface area contributed by atoms with Crippen molar-refractivity contribution in [1.82, 2.24) is 14.7 Å². The highest BCUT2D eigenvalue weighted by Gasteiger charge is 2.22. The van der Waals surface area contributed by atoms with Gasteiger partial charge in [-0.3, -0.25) is 19.5 Å². The van der Waals surface area contributed by atoms with Crippen LogP contribution in [-0.2, 0) is 11.3 Å². The minimum absolute atomic E-state index is 0.179. The summed E-state index contributed by atoms with van der Waals surface area (Å²) in [6, 6.07) is 14.4. The van der Waals surface area contributed by atoms with Gasteiger partial charge in [0.15, 0.2) is 0 Å². The van der Waals surface area contributed by atoms with Gasteiger partial charge >= 0.3 is 0 Å². The van der Waals surface area contributed by atoms with E-state index in [0.29, 0.717) is 37.0 Å². The van der Waals surface area contributed by atoms with Crippen LogP contribution in [0.5, 0.6) is 5.75 Å². The zero-order chi connectivity index (χ0) is 20.4. The molecular formula is C21H22N4O4. The number of ether oxygens (including phenoxy) is 1. The van der Waals surface area contributed by atoms with Crippen molar-refractivity contribution in [2.75, 3.05) is 38.2 Å². The third kappa shape index (κ3) is 3.73. The first kappa shape index (κ1) is 18.8. The van der Waals surface area contributed by atoms with Crippen LogP contribution in [-0.4, -0.2) is 53.9 Å². The summed E-state index contributed by atoms with van der Waals surface area (Å²) in [6.45, 7) is 2.32. The number of aromatic nitrogens is 2. The van der Waals surface area contributed by atoms with Crippen molar-refractivity contribution in [3.63, 3.8) is 0 Å². The topological polar surface area (TPSA) is 87.6 Å². The van der Waals surface area contributed by atoms with Crippen LogP contribution >= 0.6 is 0 Å². The number of carbonyl (C=O) groups excluding carboxylic acids is 1. The quantitative estimate of drug-likeness (QED) is 0.715. The molecule has 0 spiro atoms. The first-order chi connectivity index (χ1) is 14.1. The fraction of sp³-hybridized carbons (Fsp3) is 0.286. The number of rotatable bonds is 4. The highest BCUT2D eigenvalue weighted by molar-refractivity contribution is 5.81. The minimum atomic E-state index is -0.377. The second-order valence-electron chi connectivity index (χ2n) is 6.94. The van der Waals surface area contributed by atoms with Crippen LogP contribution in [0.1, 0.15) is 0 Å². The second-order valence-corrected chi connectivity index (χ2v) is 6.94. The van der Waals surface area contributed by atoms with Crippen molar-refractivity contribution in [3.05, 3.63) is 69.2 Å². The molecule has 1 amide bonds. The average molecular weight is 394 g/mol. The summed E-state index contributed by atoms with van der Waals surface area (Å²) in [4.78, 5) is 41.4. The molecule has 2 aromatic carbocycles. The monoisotopic (exact) mass is 394 g/mol. The Hall–Kier alpha value is -3.55. The van der Waals surface area contributed by atoms with Crippen LogP contribution in [0.2, 0.25) is 0 Å². The Balaban J connectivity index is 1.44. The van der Waals surface area contributed by atoms with E-state index >= 15 is 0 Å². The fourth-order valence-electron chi connectivity index (χ4n) is 3.60. The summed E-state index contributed by atoms with van der Waals surface area (Å²) in [5, 5.41) is 3.15. The number of hydrogen-bond acceptors (Lipinski definition) is 5. The van der Waals surface area contributed by atoms with Gasteiger partial charge in [0, 0.05) is 31.9 Å². The molecule has 1 aliphatic rings. The Morgan fingerprint density at radius 3 is 2.28 bits per heavy atom. The lowest BCUT2D eigenvalue weighted by atomic mass is 10.2. The molecule has 0 saturated carbocycles. The maximum Gasteiger partial charge on any atom is 0.273 e. The molecular weight excluding hydrogens is 372 g/mol. The van der Waals surface area contributed by atoms with Gasteiger partial charge in [-0.1, -0.05) is 12.1 Å². The Labute approximate surface area is 166 Å². The molecule has 3 aromatic rings. The van der Waals surface area contributed by atoms with E-state index in [0.717, 1.165) is 16.1 Å². The maximum absolute atomic E-state index is 12.7. The van der Waals surface area contributed by atoms with Crippen LogP contribution < -0.4 is 20.8 Å². The molecule has 0 atom stereocenters. The number of carbonyl (C=O) groups is 1. The molecule has 4 rings (SSSR count). The third-order valence-electron chi connectivity index (χ3n) is 5.25. The predicted octanol–water partition coefficient (Wildman–Crippen LogP) is 1.05. The number of nitrogens with zero attached hydrogens (tertiary/aromatic N) is 3. The first-order valence-corrected chi connectivity index (χ1v) is 9.45. The van der Waals surface area contributed by atoms with Crippen molar-refractivity contribution in [2.24, 2.45) is 0 Å². The molecule has 150 valence electrons. The normalized spacial score (nSPS) is 14.2. The van der Waals surface area contributed by atoms with Crippen LogP contribution in [0.3, 0.4) is 0 Å². The van der Waals surface area contributed by atoms with E-state index < -0.39 is 0 Å². The van der Waals surface area contributed by atoms with Crippen LogP contribution in [0.15, 0.2) is 58.1 Å². The smallest absolute Gasteiger partial charge is 0.273 e. The molecule has 0 bridgehead atoms. The average Bonchev–Trinajstić information content (AvgIpc) is 2.77. The summed E-state index contributed by atoms with van der Waals surface area (Å²) in [5.41, 5.74) is 0.329. The Morgan fingerprint density at radius 1 is 0.966 bits per heavy atom. The van der Waals surface area contributed by atoms with Gasteiger partial charge in [0.05, 0.1) is 17.9 Å². The molecule has 1 N–H and O–H groups in total. The largest absolute Gasteiger partial charge is 0.497 e. The highest BCUT2D eigenvalue weighted by Crippen LogP contribution is 2.20. The number of fused-ring (bicyclic) bond motifs is 1. The zero-order valence-corrected chi connectivity index (χ0v) is 16.1. The zero-order valence-electron chi connectivity index (χ0n) is 16.1. The summed E-state index contributed by atoms with van der Waals surface area (Å²) in [7, 11) is 1.63. The first-order valence-electron chi connectivity index (χ1n) is 9.45. The molecule has 1 aromatic heterocycles. The SMILES string of the molecule is COc1ccc(N2CCN(C(=O)Cn3[nH]c(=O)c4ccccc4c3=O)CC2)cc1. The molecule has 1 aliphatic heterocycles. The van der Waals surface area contributed by atoms with Gasteiger partial charge in [-0.05, 0) is 36.4 Å². The van der Waals surface area contributed by atoms with Gasteiger partial charge in [-0.15, -0.1) is 0 Å². The van der Waals surface area contributed by atoms with Crippen molar-refractivity contribution in [2.45, 2.75) is 6.54 Å². The lowest BCUT2D eigenvalue weighted by Crippen LogP contribution is -2.50. The fourth-order valence-corrected chi connectivity index (χ4v) is 3.60. The number of nitrogens with one attached hydrogen (secondary N) is 1. The van der Waals surface area contributed by atoms with Crippen molar-refractivity contribution in [3.8, 4) is 5.75 Å². The number of benzene rings is 2. The third-order valence-corrected chi connectivity index (χ3v) is 5.25. The van der Waals surface area contributed by atoms with Gasteiger partial charge in [0.25, 0.3) is 11.1 Å². The molecule has 0 radical (unpaired) electrons. The molecule has 0 unspecified atom stereocenters. The molecule has 8 nitrogen and oxygen atoms in total. The van der Waals surface area contributed by atoms with Gasteiger partial charge in [0.1, 0.15) is 12.3 Å². The highest BCUT2D eigenvalue weighted by atomic mass is 16.5. The minimum Gasteiger partial charge on any atom is -0.497 e. The number of anilines is 1. The van der Waals surface area contributed by atoms with E-state index in [1.54, 1.807) is 36.3 Å². The summed E-state index contributed by atoms with van der Waals surface area (Å²) >= 11 is 0. The number of H-pyrrole nitrogens is 1. The van der Waals surface area contributed by atoms with Crippen LogP contribution in [0, 0.1) is 0 Å². The number of amides is 1. The van der Waals surface area contributed by atoms with E-state index in [4.69, 9.17) is 4.74 Å². The number of hydrogen-bond donors (Lipinski definition) is 1. The van der Waals surface area contributed by atoms with Crippen LogP contribution in [0.25, 0.3) is 10.8 Å². The van der Waals surface area contributed by atoms with E-state index in [-0.39, 0.29) is 23.6 Å². The van der Waals surface area contributed by atoms with E-state index in [2.05, 4.69) is 10.00 Å². The molecule has 2 heterocycles. The standard InChI is InChI=1S/C21H22N4O4/c1-29-16-8-6-15(7-9-16)23-10-12-24(13-11-23)19(26)14-25-21(28)18-5-3-2-4-17(18)20(27)22-25/h2-9H,10-14H2,1H3,(H,22,27). The van der Waals surface area contributed by atoms with Gasteiger partial charge in [0.2, 0.25) is 5.91 Å². The maximum atomic E-state index is 12.7. The van der Waals surface area contributed by atoms with Gasteiger partial charge in [-0.25, -0.2) is 4.68 Å². The van der Waals surface area contributed by atoms with E-state index in [1.165, 1.54) is 0 Å². The predicted molar refractivity (Wildman–Crippen MR) is 111 cm³/mol. The van der Waals surface area contributed by atoms with Crippen molar-refractivity contribution < 1.29 is 9.53 Å². The van der Waals surface area contributed by atoms with Crippen molar-refractivity contribution in [1.29, 1.82) is 0 Å². The summed E-state index contributed by atoms with van der Waals surface area (Å²) in [6.07, 6.45) is 0. The van der Waals surface area contributed by atoms with Gasteiger partial charge < -0.3 is 14.5 Å². The number of piperazine rings is 1. The Morgan fingerprint density at radius 2 is 1.62 bits per heavy atom. The summed E-state index contributed by atoms with van der Waals surface area (Å²) < 4.78 is 6.28. The van der Waals surface area contributed by atoms with E-state index in [1.807, 2.05) is 24.3 Å². The lowest BCUT2D eigenvalue weighted by Gasteiger charge is -2.36. The van der Waals surface area contributed by atoms with Crippen LogP contribution in [0.4, 0.5) is 5.69 Å². The lowest BCUT2D eigenvalue weighted by molar-refractivity contribution is -0.132. The van der Waals surface area contributed by atoms with E-state index in [9.17, 15) is 14.4 Å². The molecule has 1 fully saturated rings. The second kappa shape index (κ2) is 7.83. The molecule has 0 aliphatic carbocycles. The molecule has 8 heteroatoms. The summed E-state index contributed by atoms with van der Waals surface area (Å²) in [5.74, 6) is 0.616. The molecule has 29 heavy (non-hydrogen) atoms. The molecule has 1 saturated heterocycles. The number of aromatic amines is 1. The Kier molecular flexibility index (Phi) is 5.07.